The summed E-state index contributed by atoms with van der Waals surface area (Å²) in [6.45, 7) is 1.82. The highest BCUT2D eigenvalue weighted by Gasteiger charge is 2.12. The van der Waals surface area contributed by atoms with Gasteiger partial charge >= 0.3 is 0 Å². The first-order chi connectivity index (χ1) is 10.0. The molecule has 0 bridgehead atoms. The number of rotatable bonds is 4. The number of nitrogens with zero attached hydrogens (tertiary/aromatic N) is 1. The van der Waals surface area contributed by atoms with Crippen molar-refractivity contribution in [2.24, 2.45) is 0 Å². The Balaban J connectivity index is 2.27. The minimum Gasteiger partial charge on any atom is -0.497 e. The van der Waals surface area contributed by atoms with E-state index in [0.29, 0.717) is 28.6 Å². The molecule has 110 valence electrons. The highest BCUT2D eigenvalue weighted by atomic mass is 16.5. The summed E-state index contributed by atoms with van der Waals surface area (Å²) in [5.41, 5.74) is 7.40. The van der Waals surface area contributed by atoms with Gasteiger partial charge in [-0.15, -0.1) is 0 Å². The predicted octanol–water partition coefficient (Wildman–Crippen LogP) is 2.24. The normalized spacial score (nSPS) is 10.0. The Morgan fingerprint density at radius 1 is 1.14 bits per heavy atom. The van der Waals surface area contributed by atoms with E-state index in [1.54, 1.807) is 24.3 Å². The number of pyridine rings is 1. The van der Waals surface area contributed by atoms with Crippen molar-refractivity contribution in [2.45, 2.75) is 6.92 Å². The van der Waals surface area contributed by atoms with Gasteiger partial charge in [-0.3, -0.25) is 4.79 Å². The Kier molecular flexibility index (Phi) is 4.27. The van der Waals surface area contributed by atoms with E-state index in [1.807, 2.05) is 6.92 Å². The zero-order chi connectivity index (χ0) is 15.4. The van der Waals surface area contributed by atoms with Crippen LogP contribution in [0.5, 0.6) is 11.5 Å². The number of carbonyl (C=O) groups excluding carboxylic acids is 1. The van der Waals surface area contributed by atoms with E-state index in [4.69, 9.17) is 15.2 Å². The minimum atomic E-state index is -0.299. The van der Waals surface area contributed by atoms with E-state index < -0.39 is 0 Å². The lowest BCUT2D eigenvalue weighted by molar-refractivity contribution is 0.102. The lowest BCUT2D eigenvalue weighted by atomic mass is 10.1. The number of amides is 1. The Morgan fingerprint density at radius 2 is 1.76 bits per heavy atom. The van der Waals surface area contributed by atoms with Crippen LogP contribution in [0.2, 0.25) is 0 Å². The molecule has 1 heterocycles. The number of hydrogen-bond donors (Lipinski definition) is 2. The Morgan fingerprint density at radius 3 is 2.29 bits per heavy atom. The third-order valence-corrected chi connectivity index (χ3v) is 2.94. The van der Waals surface area contributed by atoms with Crippen molar-refractivity contribution >= 4 is 17.4 Å². The fourth-order valence-corrected chi connectivity index (χ4v) is 1.85. The molecule has 1 aromatic carbocycles. The van der Waals surface area contributed by atoms with Gasteiger partial charge in [0.05, 0.1) is 26.1 Å². The molecule has 2 rings (SSSR count). The lowest BCUT2D eigenvalue weighted by Crippen LogP contribution is -2.14. The van der Waals surface area contributed by atoms with Crippen LogP contribution in [-0.2, 0) is 0 Å². The first-order valence-electron chi connectivity index (χ1n) is 6.30. The van der Waals surface area contributed by atoms with Crippen molar-refractivity contribution in [3.8, 4) is 11.5 Å². The summed E-state index contributed by atoms with van der Waals surface area (Å²) in [5, 5.41) is 2.74. The summed E-state index contributed by atoms with van der Waals surface area (Å²) in [6.07, 6.45) is 1.49. The van der Waals surface area contributed by atoms with E-state index in [0.717, 1.165) is 5.56 Å². The molecule has 21 heavy (non-hydrogen) atoms. The Bertz CT molecular complexity index is 649. The van der Waals surface area contributed by atoms with Gasteiger partial charge in [0, 0.05) is 11.6 Å². The largest absolute Gasteiger partial charge is 0.497 e. The molecule has 0 aliphatic carbocycles. The number of benzene rings is 1. The first-order valence-corrected chi connectivity index (χ1v) is 6.30. The van der Waals surface area contributed by atoms with Crippen molar-refractivity contribution in [1.82, 2.24) is 4.98 Å². The smallest absolute Gasteiger partial charge is 0.257 e. The molecule has 2 aromatic rings. The monoisotopic (exact) mass is 287 g/mol. The maximum Gasteiger partial charge on any atom is 0.257 e. The summed E-state index contributed by atoms with van der Waals surface area (Å²) < 4.78 is 10.3. The summed E-state index contributed by atoms with van der Waals surface area (Å²) in [5.74, 6) is 1.26. The topological polar surface area (TPSA) is 86.5 Å². The molecule has 0 unspecified atom stereocenters. The summed E-state index contributed by atoms with van der Waals surface area (Å²) in [4.78, 5) is 16.4. The number of ether oxygens (including phenoxy) is 2. The molecule has 0 aliphatic rings. The molecule has 1 aromatic heterocycles. The third-order valence-electron chi connectivity index (χ3n) is 2.94. The average Bonchev–Trinajstić information content (AvgIpc) is 2.49. The predicted molar refractivity (Wildman–Crippen MR) is 80.9 cm³/mol. The van der Waals surface area contributed by atoms with Gasteiger partial charge in [0.25, 0.3) is 5.91 Å². The van der Waals surface area contributed by atoms with E-state index in [2.05, 4.69) is 10.3 Å². The van der Waals surface area contributed by atoms with Crippen molar-refractivity contribution in [3.63, 3.8) is 0 Å². The second-order valence-corrected chi connectivity index (χ2v) is 4.49. The SMILES string of the molecule is COc1cc(OC)cc(C(=O)Nc2ncc(N)cc2C)c1. The van der Waals surface area contributed by atoms with Gasteiger partial charge in [0.1, 0.15) is 17.3 Å². The van der Waals surface area contributed by atoms with E-state index in [1.165, 1.54) is 20.4 Å². The van der Waals surface area contributed by atoms with Crippen LogP contribution in [0, 0.1) is 6.92 Å². The molecule has 0 fully saturated rings. The van der Waals surface area contributed by atoms with Crippen LogP contribution in [0.4, 0.5) is 11.5 Å². The van der Waals surface area contributed by atoms with Gasteiger partial charge in [-0.05, 0) is 30.7 Å². The minimum absolute atomic E-state index is 0.299. The Hall–Kier alpha value is -2.76. The standard InChI is InChI=1S/C15H17N3O3/c1-9-4-11(16)8-17-14(9)18-15(19)10-5-12(20-2)7-13(6-10)21-3/h4-8H,16H2,1-3H3,(H,17,18,19). The fourth-order valence-electron chi connectivity index (χ4n) is 1.85. The van der Waals surface area contributed by atoms with Gasteiger partial charge in [-0.2, -0.15) is 0 Å². The maximum absolute atomic E-state index is 12.3. The average molecular weight is 287 g/mol. The summed E-state index contributed by atoms with van der Waals surface area (Å²) >= 11 is 0. The van der Waals surface area contributed by atoms with E-state index >= 15 is 0 Å². The molecule has 6 heteroatoms. The van der Waals surface area contributed by atoms with Crippen LogP contribution in [0.25, 0.3) is 0 Å². The number of methoxy groups -OCH3 is 2. The maximum atomic E-state index is 12.3. The quantitative estimate of drug-likeness (QED) is 0.900. The molecular weight excluding hydrogens is 270 g/mol. The van der Waals surface area contributed by atoms with Gasteiger partial charge in [0.15, 0.2) is 0 Å². The summed E-state index contributed by atoms with van der Waals surface area (Å²) in [7, 11) is 3.06. The van der Waals surface area contributed by atoms with Gasteiger partial charge < -0.3 is 20.5 Å². The highest BCUT2D eigenvalue weighted by molar-refractivity contribution is 6.04. The molecule has 6 nitrogen and oxygen atoms in total. The molecule has 0 saturated heterocycles. The molecule has 1 amide bonds. The van der Waals surface area contributed by atoms with Crippen molar-refractivity contribution < 1.29 is 14.3 Å². The number of nitrogen functional groups attached to an aromatic ring is 1. The van der Waals surface area contributed by atoms with Gasteiger partial charge in [-0.25, -0.2) is 4.98 Å². The van der Waals surface area contributed by atoms with Crippen molar-refractivity contribution in [1.29, 1.82) is 0 Å². The number of aryl methyl sites for hydroxylation is 1. The van der Waals surface area contributed by atoms with Crippen LogP contribution in [0.3, 0.4) is 0 Å². The van der Waals surface area contributed by atoms with Crippen molar-refractivity contribution in [2.75, 3.05) is 25.3 Å². The zero-order valence-corrected chi connectivity index (χ0v) is 12.1. The second-order valence-electron chi connectivity index (χ2n) is 4.49. The van der Waals surface area contributed by atoms with Gasteiger partial charge in [-0.1, -0.05) is 0 Å². The van der Waals surface area contributed by atoms with Crippen LogP contribution in [0.15, 0.2) is 30.5 Å². The van der Waals surface area contributed by atoms with Gasteiger partial charge in [0.2, 0.25) is 0 Å². The second kappa shape index (κ2) is 6.13. The molecule has 0 aliphatic heterocycles. The number of carbonyl (C=O) groups is 1. The lowest BCUT2D eigenvalue weighted by Gasteiger charge is -2.10. The number of nitrogens with two attached hydrogens (primary N) is 1. The van der Waals surface area contributed by atoms with E-state index in [9.17, 15) is 4.79 Å². The number of aromatic nitrogens is 1. The molecule has 0 saturated carbocycles. The van der Waals surface area contributed by atoms with Crippen LogP contribution in [0.1, 0.15) is 15.9 Å². The summed E-state index contributed by atoms with van der Waals surface area (Å²) in [6, 6.07) is 6.70. The molecular formula is C15H17N3O3. The molecule has 0 radical (unpaired) electrons. The fraction of sp³-hybridized carbons (Fsp3) is 0.200. The van der Waals surface area contributed by atoms with Crippen molar-refractivity contribution in [3.05, 3.63) is 41.6 Å². The van der Waals surface area contributed by atoms with Crippen LogP contribution < -0.4 is 20.5 Å². The Labute approximate surface area is 122 Å². The van der Waals surface area contributed by atoms with Crippen LogP contribution in [-0.4, -0.2) is 25.1 Å². The highest BCUT2D eigenvalue weighted by Crippen LogP contribution is 2.23. The van der Waals surface area contributed by atoms with Crippen LogP contribution >= 0.6 is 0 Å². The number of hydrogen-bond acceptors (Lipinski definition) is 5. The molecule has 3 N–H and O–H groups in total. The number of anilines is 2. The molecule has 0 spiro atoms. The molecule has 0 atom stereocenters. The first kappa shape index (κ1) is 14.6. The van der Waals surface area contributed by atoms with E-state index in [-0.39, 0.29) is 5.91 Å². The third kappa shape index (κ3) is 3.42. The zero-order valence-electron chi connectivity index (χ0n) is 12.1. The number of nitrogens with one attached hydrogen (secondary N) is 1.